The van der Waals surface area contributed by atoms with Crippen LogP contribution in [-0.4, -0.2) is 9.97 Å². The monoisotopic (exact) mass is 184 g/mol. The molecule has 1 aromatic rings. The van der Waals surface area contributed by atoms with Gasteiger partial charge in [0, 0.05) is 12.4 Å². The summed E-state index contributed by atoms with van der Waals surface area (Å²) in [7, 11) is 0. The van der Waals surface area contributed by atoms with Gasteiger partial charge in [-0.25, -0.2) is 9.97 Å². The summed E-state index contributed by atoms with van der Waals surface area (Å²) < 4.78 is 0. The first-order valence-electron chi connectivity index (χ1n) is 3.21. The lowest BCUT2D eigenvalue weighted by atomic mass is 10.3. The SMILES string of the molecule is C[C@@H](N)c1ncc(C#N)cn1.Cl. The van der Waals surface area contributed by atoms with E-state index in [1.54, 1.807) is 6.92 Å². The summed E-state index contributed by atoms with van der Waals surface area (Å²) >= 11 is 0. The molecule has 1 atom stereocenters. The second-order valence-electron chi connectivity index (χ2n) is 2.23. The van der Waals surface area contributed by atoms with Crippen LogP contribution >= 0.6 is 12.4 Å². The molecular formula is C7H9ClN4. The fourth-order valence-corrected chi connectivity index (χ4v) is 0.631. The number of nitrogens with zero attached hydrogens (tertiary/aromatic N) is 3. The summed E-state index contributed by atoms with van der Waals surface area (Å²) in [5.74, 6) is 0.559. The maximum atomic E-state index is 8.41. The standard InChI is InChI=1S/C7H8N4.ClH/c1-5(9)7-10-3-6(2-8)4-11-7;/h3-5H,9H2,1H3;1H/t5-;/m1./s1. The Morgan fingerprint density at radius 2 is 2.00 bits per heavy atom. The lowest BCUT2D eigenvalue weighted by Crippen LogP contribution is -2.09. The number of nitriles is 1. The molecule has 0 aliphatic rings. The molecule has 5 heteroatoms. The normalized spacial score (nSPS) is 11.1. The summed E-state index contributed by atoms with van der Waals surface area (Å²) in [5.41, 5.74) is 5.95. The molecular weight excluding hydrogens is 176 g/mol. The molecule has 2 N–H and O–H groups in total. The van der Waals surface area contributed by atoms with Crippen LogP contribution < -0.4 is 5.73 Å². The zero-order valence-corrected chi connectivity index (χ0v) is 7.38. The third-order valence-electron chi connectivity index (χ3n) is 1.21. The highest BCUT2D eigenvalue weighted by atomic mass is 35.5. The Morgan fingerprint density at radius 3 is 2.33 bits per heavy atom. The van der Waals surface area contributed by atoms with E-state index >= 15 is 0 Å². The third-order valence-corrected chi connectivity index (χ3v) is 1.21. The van der Waals surface area contributed by atoms with Crippen LogP contribution in [0.25, 0.3) is 0 Å². The number of aromatic nitrogens is 2. The highest BCUT2D eigenvalue weighted by molar-refractivity contribution is 5.85. The van der Waals surface area contributed by atoms with E-state index < -0.39 is 0 Å². The minimum absolute atomic E-state index is 0. The van der Waals surface area contributed by atoms with Gasteiger partial charge in [0.25, 0.3) is 0 Å². The molecule has 0 aromatic carbocycles. The number of nitrogens with two attached hydrogens (primary N) is 1. The summed E-state index contributed by atoms with van der Waals surface area (Å²) in [4.78, 5) is 7.78. The zero-order valence-electron chi connectivity index (χ0n) is 6.56. The lowest BCUT2D eigenvalue weighted by molar-refractivity contribution is 0.738. The molecule has 12 heavy (non-hydrogen) atoms. The van der Waals surface area contributed by atoms with E-state index in [0.717, 1.165) is 0 Å². The number of hydrogen-bond donors (Lipinski definition) is 1. The van der Waals surface area contributed by atoms with Crippen molar-refractivity contribution in [2.24, 2.45) is 5.73 Å². The molecule has 0 aliphatic heterocycles. The van der Waals surface area contributed by atoms with Crippen molar-refractivity contribution in [3.63, 3.8) is 0 Å². The molecule has 0 amide bonds. The maximum Gasteiger partial charge on any atom is 0.144 e. The van der Waals surface area contributed by atoms with Gasteiger partial charge in [-0.1, -0.05) is 0 Å². The molecule has 0 bridgehead atoms. The number of rotatable bonds is 1. The number of hydrogen-bond acceptors (Lipinski definition) is 4. The van der Waals surface area contributed by atoms with E-state index in [2.05, 4.69) is 9.97 Å². The summed E-state index contributed by atoms with van der Waals surface area (Å²) in [6.07, 6.45) is 2.93. The maximum absolute atomic E-state index is 8.41. The molecule has 0 spiro atoms. The lowest BCUT2D eigenvalue weighted by Gasteiger charge is -2.00. The fraction of sp³-hybridized carbons (Fsp3) is 0.286. The average molecular weight is 185 g/mol. The molecule has 0 fully saturated rings. The first-order valence-corrected chi connectivity index (χ1v) is 3.21. The van der Waals surface area contributed by atoms with Crippen LogP contribution in [0.2, 0.25) is 0 Å². The van der Waals surface area contributed by atoms with Crippen molar-refractivity contribution < 1.29 is 0 Å². The first-order chi connectivity index (χ1) is 5.24. The molecule has 0 saturated carbocycles. The number of halogens is 1. The Kier molecular flexibility index (Phi) is 4.19. The second kappa shape index (κ2) is 4.65. The summed E-state index contributed by atoms with van der Waals surface area (Å²) in [6, 6.07) is 1.75. The predicted octanol–water partition coefficient (Wildman–Crippen LogP) is 0.790. The second-order valence-corrected chi connectivity index (χ2v) is 2.23. The van der Waals surface area contributed by atoms with Gasteiger partial charge in [-0.2, -0.15) is 5.26 Å². The van der Waals surface area contributed by atoms with Gasteiger partial charge in [-0.15, -0.1) is 12.4 Å². The molecule has 1 rings (SSSR count). The van der Waals surface area contributed by atoms with Gasteiger partial charge < -0.3 is 5.73 Å². The van der Waals surface area contributed by atoms with Crippen LogP contribution in [0, 0.1) is 11.3 Å². The Bertz CT molecular complexity index is 274. The smallest absolute Gasteiger partial charge is 0.144 e. The van der Waals surface area contributed by atoms with E-state index in [1.807, 2.05) is 6.07 Å². The fourth-order valence-electron chi connectivity index (χ4n) is 0.631. The van der Waals surface area contributed by atoms with E-state index in [-0.39, 0.29) is 18.4 Å². The van der Waals surface area contributed by atoms with E-state index in [0.29, 0.717) is 11.4 Å². The molecule has 64 valence electrons. The minimum atomic E-state index is -0.178. The molecule has 0 unspecified atom stereocenters. The molecule has 1 aromatic heterocycles. The third kappa shape index (κ3) is 2.46. The minimum Gasteiger partial charge on any atom is -0.322 e. The van der Waals surface area contributed by atoms with E-state index in [1.165, 1.54) is 12.4 Å². The van der Waals surface area contributed by atoms with Crippen molar-refractivity contribution in [3.05, 3.63) is 23.8 Å². The van der Waals surface area contributed by atoms with Gasteiger partial charge in [-0.05, 0) is 6.92 Å². The molecule has 0 radical (unpaired) electrons. The van der Waals surface area contributed by atoms with Crippen LogP contribution in [0.15, 0.2) is 12.4 Å². The van der Waals surface area contributed by atoms with Crippen LogP contribution in [0.1, 0.15) is 24.4 Å². The Labute approximate surface area is 76.9 Å². The van der Waals surface area contributed by atoms with Gasteiger partial charge in [0.15, 0.2) is 0 Å². The van der Waals surface area contributed by atoms with Crippen molar-refractivity contribution in [1.82, 2.24) is 9.97 Å². The highest BCUT2D eigenvalue weighted by Gasteiger charge is 2.00. The largest absolute Gasteiger partial charge is 0.322 e. The van der Waals surface area contributed by atoms with Crippen molar-refractivity contribution in [2.45, 2.75) is 13.0 Å². The highest BCUT2D eigenvalue weighted by Crippen LogP contribution is 2.01. The molecule has 0 saturated heterocycles. The van der Waals surface area contributed by atoms with Gasteiger partial charge in [0.1, 0.15) is 11.9 Å². The van der Waals surface area contributed by atoms with Crippen molar-refractivity contribution in [2.75, 3.05) is 0 Å². The molecule has 1 heterocycles. The van der Waals surface area contributed by atoms with Gasteiger partial charge in [0.2, 0.25) is 0 Å². The van der Waals surface area contributed by atoms with E-state index in [9.17, 15) is 0 Å². The van der Waals surface area contributed by atoms with Crippen LogP contribution in [0.5, 0.6) is 0 Å². The Morgan fingerprint density at radius 1 is 1.50 bits per heavy atom. The van der Waals surface area contributed by atoms with Crippen LogP contribution in [-0.2, 0) is 0 Å². The van der Waals surface area contributed by atoms with E-state index in [4.69, 9.17) is 11.0 Å². The predicted molar refractivity (Wildman–Crippen MR) is 46.6 cm³/mol. The van der Waals surface area contributed by atoms with Crippen LogP contribution in [0.3, 0.4) is 0 Å². The topological polar surface area (TPSA) is 75.6 Å². The molecule has 4 nitrogen and oxygen atoms in total. The van der Waals surface area contributed by atoms with Gasteiger partial charge in [-0.3, -0.25) is 0 Å². The van der Waals surface area contributed by atoms with Crippen molar-refractivity contribution in [1.29, 1.82) is 5.26 Å². The summed E-state index contributed by atoms with van der Waals surface area (Å²) in [5, 5.41) is 8.41. The van der Waals surface area contributed by atoms with Crippen LogP contribution in [0.4, 0.5) is 0 Å². The zero-order chi connectivity index (χ0) is 8.27. The van der Waals surface area contributed by atoms with Gasteiger partial charge >= 0.3 is 0 Å². The van der Waals surface area contributed by atoms with Crippen molar-refractivity contribution >= 4 is 12.4 Å². The Balaban J connectivity index is 0.00000121. The average Bonchev–Trinajstić information content (AvgIpc) is 2.05. The van der Waals surface area contributed by atoms with Crippen molar-refractivity contribution in [3.8, 4) is 6.07 Å². The summed E-state index contributed by atoms with van der Waals surface area (Å²) in [6.45, 7) is 1.79. The molecule has 0 aliphatic carbocycles. The quantitative estimate of drug-likeness (QED) is 0.700. The first kappa shape index (κ1) is 10.8. The Hall–Kier alpha value is -1.18. The van der Waals surface area contributed by atoms with Gasteiger partial charge in [0.05, 0.1) is 11.6 Å².